The summed E-state index contributed by atoms with van der Waals surface area (Å²) in [5, 5.41) is 9.43. The van der Waals surface area contributed by atoms with Crippen LogP contribution in [0.3, 0.4) is 0 Å². The lowest BCUT2D eigenvalue weighted by atomic mass is 10.1. The van der Waals surface area contributed by atoms with E-state index in [1.807, 2.05) is 54.6 Å². The number of fused-ring (bicyclic) bond motifs is 1. The van der Waals surface area contributed by atoms with Gasteiger partial charge < -0.3 is 4.74 Å². The van der Waals surface area contributed by atoms with Gasteiger partial charge >= 0.3 is 0 Å². The van der Waals surface area contributed by atoms with Gasteiger partial charge in [-0.3, -0.25) is 9.59 Å². The van der Waals surface area contributed by atoms with E-state index in [-0.39, 0.29) is 18.5 Å². The van der Waals surface area contributed by atoms with Crippen molar-refractivity contribution in [3.8, 4) is 5.75 Å². The van der Waals surface area contributed by atoms with Crippen molar-refractivity contribution in [3.63, 3.8) is 0 Å². The summed E-state index contributed by atoms with van der Waals surface area (Å²) in [5.41, 5.74) is 4.70. The fourth-order valence-electron chi connectivity index (χ4n) is 4.12. The van der Waals surface area contributed by atoms with Crippen molar-refractivity contribution in [1.82, 2.24) is 15.2 Å². The number of carbonyl (C=O) groups excluding carboxylic acids is 1. The molecule has 0 fully saturated rings. The van der Waals surface area contributed by atoms with Crippen molar-refractivity contribution in [3.05, 3.63) is 140 Å². The lowest BCUT2D eigenvalue weighted by Crippen LogP contribution is -2.28. The van der Waals surface area contributed by atoms with Crippen LogP contribution in [0.1, 0.15) is 22.4 Å². The fourth-order valence-corrected chi connectivity index (χ4v) is 4.45. The van der Waals surface area contributed by atoms with E-state index in [4.69, 9.17) is 4.74 Å². The molecule has 1 amide bonds. The third-order valence-corrected chi connectivity index (χ3v) is 6.63. The maximum Gasteiger partial charge on any atom is 0.274 e. The molecule has 0 unspecified atom stereocenters. The Bertz CT molecular complexity index is 1740. The van der Waals surface area contributed by atoms with Crippen LogP contribution < -0.4 is 15.7 Å². The summed E-state index contributed by atoms with van der Waals surface area (Å²) in [7, 11) is 0. The minimum atomic E-state index is -0.458. The van der Waals surface area contributed by atoms with Crippen molar-refractivity contribution >= 4 is 38.8 Å². The standard InChI is InChI=1S/C31H24BrFN4O3/c32-24-13-12-23(28(33)16-24)19-37-31(39)27-9-5-4-8-26(27)29(36-37)17-30(38)35-34-18-21-10-14-25(15-11-21)40-20-22-6-2-1-3-7-22/h1-16,18H,17,19-20H2,(H,35,38)/b34-18+. The number of aromatic nitrogens is 2. The number of rotatable bonds is 9. The second-order valence-electron chi connectivity index (χ2n) is 9.00. The molecule has 9 heteroatoms. The third kappa shape index (κ3) is 6.68. The molecule has 1 N–H and O–H groups in total. The molecule has 1 aromatic heterocycles. The summed E-state index contributed by atoms with van der Waals surface area (Å²) in [5.74, 6) is -0.140. The molecular formula is C31H24BrFN4O3. The molecule has 5 aromatic rings. The SMILES string of the molecule is O=C(Cc1nn(Cc2ccc(Br)cc2F)c(=O)c2ccccc12)N/N=C/c1ccc(OCc2ccccc2)cc1. The zero-order valence-electron chi connectivity index (χ0n) is 21.3. The topological polar surface area (TPSA) is 85.6 Å². The molecule has 40 heavy (non-hydrogen) atoms. The molecular weight excluding hydrogens is 575 g/mol. The molecule has 200 valence electrons. The highest BCUT2D eigenvalue weighted by molar-refractivity contribution is 9.10. The van der Waals surface area contributed by atoms with Crippen LogP contribution in [0.4, 0.5) is 4.39 Å². The number of halogens is 2. The summed E-state index contributed by atoms with van der Waals surface area (Å²) in [6, 6.07) is 28.8. The van der Waals surface area contributed by atoms with Crippen LogP contribution in [-0.2, 0) is 24.4 Å². The Kier molecular flexibility index (Phi) is 8.41. The summed E-state index contributed by atoms with van der Waals surface area (Å²) in [4.78, 5) is 25.8. The van der Waals surface area contributed by atoms with Gasteiger partial charge in [-0.25, -0.2) is 14.5 Å². The second kappa shape index (κ2) is 12.5. The molecule has 0 radical (unpaired) electrons. The van der Waals surface area contributed by atoms with Gasteiger partial charge in [-0.1, -0.05) is 70.5 Å². The predicted octanol–water partition coefficient (Wildman–Crippen LogP) is 5.62. The third-order valence-electron chi connectivity index (χ3n) is 6.14. The zero-order valence-corrected chi connectivity index (χ0v) is 22.8. The van der Waals surface area contributed by atoms with Gasteiger partial charge in [0.1, 0.15) is 18.2 Å². The van der Waals surface area contributed by atoms with Gasteiger partial charge in [0.15, 0.2) is 0 Å². The number of ether oxygens (including phenoxy) is 1. The second-order valence-corrected chi connectivity index (χ2v) is 9.92. The Labute approximate surface area is 238 Å². The van der Waals surface area contributed by atoms with Crippen molar-refractivity contribution in [2.75, 3.05) is 0 Å². The number of hydrogen-bond donors (Lipinski definition) is 1. The number of carbonyl (C=O) groups is 1. The Morgan fingerprint density at radius 1 is 0.975 bits per heavy atom. The first kappa shape index (κ1) is 27.0. The minimum absolute atomic E-state index is 0.0688. The quantitative estimate of drug-likeness (QED) is 0.176. The van der Waals surface area contributed by atoms with Crippen LogP contribution in [-0.4, -0.2) is 21.9 Å². The van der Waals surface area contributed by atoms with E-state index in [2.05, 4.69) is 31.6 Å². The number of nitrogens with one attached hydrogen (secondary N) is 1. The van der Waals surface area contributed by atoms with Crippen LogP contribution in [0.2, 0.25) is 0 Å². The van der Waals surface area contributed by atoms with Gasteiger partial charge in [-0.2, -0.15) is 10.2 Å². The highest BCUT2D eigenvalue weighted by atomic mass is 79.9. The lowest BCUT2D eigenvalue weighted by Gasteiger charge is -2.11. The van der Waals surface area contributed by atoms with E-state index in [0.717, 1.165) is 16.9 Å². The van der Waals surface area contributed by atoms with Gasteiger partial charge in [0, 0.05) is 15.4 Å². The normalized spacial score (nSPS) is 11.2. The molecule has 0 bridgehead atoms. The average molecular weight is 599 g/mol. The van der Waals surface area contributed by atoms with E-state index < -0.39 is 11.7 Å². The summed E-state index contributed by atoms with van der Waals surface area (Å²) >= 11 is 3.23. The summed E-state index contributed by atoms with van der Waals surface area (Å²) in [6.07, 6.45) is 1.41. The van der Waals surface area contributed by atoms with Gasteiger partial charge in [0.05, 0.1) is 30.3 Å². The number of nitrogens with zero attached hydrogens (tertiary/aromatic N) is 3. The monoisotopic (exact) mass is 598 g/mol. The molecule has 0 atom stereocenters. The summed E-state index contributed by atoms with van der Waals surface area (Å²) in [6.45, 7) is 0.402. The first-order valence-electron chi connectivity index (χ1n) is 12.5. The van der Waals surface area contributed by atoms with Crippen LogP contribution in [0, 0.1) is 5.82 Å². The molecule has 1 heterocycles. The van der Waals surface area contributed by atoms with E-state index in [1.165, 1.54) is 17.0 Å². The number of hydrogen-bond acceptors (Lipinski definition) is 5. The largest absolute Gasteiger partial charge is 0.489 e. The van der Waals surface area contributed by atoms with E-state index in [1.54, 1.807) is 36.4 Å². The molecule has 0 saturated heterocycles. The van der Waals surface area contributed by atoms with Crippen LogP contribution in [0.5, 0.6) is 5.75 Å². The summed E-state index contributed by atoms with van der Waals surface area (Å²) < 4.78 is 22.0. The molecule has 0 saturated carbocycles. The van der Waals surface area contributed by atoms with Gasteiger partial charge in [0.2, 0.25) is 5.91 Å². The first-order chi connectivity index (χ1) is 19.5. The predicted molar refractivity (Wildman–Crippen MR) is 156 cm³/mol. The Balaban J connectivity index is 1.25. The Morgan fingerprint density at radius 2 is 1.70 bits per heavy atom. The number of hydrazone groups is 1. The smallest absolute Gasteiger partial charge is 0.274 e. The maximum atomic E-state index is 14.4. The lowest BCUT2D eigenvalue weighted by molar-refractivity contribution is -0.120. The molecule has 0 aliphatic rings. The Morgan fingerprint density at radius 3 is 2.45 bits per heavy atom. The minimum Gasteiger partial charge on any atom is -0.489 e. The molecule has 4 aromatic carbocycles. The highest BCUT2D eigenvalue weighted by Gasteiger charge is 2.15. The molecule has 0 aliphatic heterocycles. The van der Waals surface area contributed by atoms with E-state index >= 15 is 0 Å². The molecule has 0 spiro atoms. The van der Waals surface area contributed by atoms with Crippen LogP contribution >= 0.6 is 15.9 Å². The average Bonchev–Trinajstić information content (AvgIpc) is 2.97. The highest BCUT2D eigenvalue weighted by Crippen LogP contribution is 2.18. The molecule has 7 nitrogen and oxygen atoms in total. The van der Waals surface area contributed by atoms with Gasteiger partial charge in [0.25, 0.3) is 5.56 Å². The fraction of sp³-hybridized carbons (Fsp3) is 0.0968. The van der Waals surface area contributed by atoms with Gasteiger partial charge in [-0.05, 0) is 53.6 Å². The number of amides is 1. The van der Waals surface area contributed by atoms with Crippen molar-refractivity contribution < 1.29 is 13.9 Å². The van der Waals surface area contributed by atoms with Gasteiger partial charge in [-0.15, -0.1) is 0 Å². The van der Waals surface area contributed by atoms with Crippen LogP contribution in [0.25, 0.3) is 10.8 Å². The number of benzene rings is 4. The van der Waals surface area contributed by atoms with Crippen LogP contribution in [0.15, 0.2) is 111 Å². The first-order valence-corrected chi connectivity index (χ1v) is 13.3. The zero-order chi connectivity index (χ0) is 27.9. The van der Waals surface area contributed by atoms with Crippen molar-refractivity contribution in [2.24, 2.45) is 5.10 Å². The van der Waals surface area contributed by atoms with E-state index in [0.29, 0.717) is 33.1 Å². The molecule has 5 rings (SSSR count). The Hall–Kier alpha value is -4.63. The molecule has 0 aliphatic carbocycles. The van der Waals surface area contributed by atoms with Crippen molar-refractivity contribution in [2.45, 2.75) is 19.6 Å². The van der Waals surface area contributed by atoms with E-state index in [9.17, 15) is 14.0 Å². The maximum absolute atomic E-state index is 14.4. The van der Waals surface area contributed by atoms with Crippen molar-refractivity contribution in [1.29, 1.82) is 0 Å².